The molecule has 0 saturated carbocycles. The highest BCUT2D eigenvalue weighted by Gasteiger charge is 2.16. The first-order chi connectivity index (χ1) is 9.87. The number of aryl methyl sites for hydroxylation is 1. The Hall–Kier alpha value is -2.13. The fraction of sp³-hybridized carbons (Fsp3) is 0.167. The maximum absolute atomic E-state index is 12.1. The van der Waals surface area contributed by atoms with Gasteiger partial charge in [-0.05, 0) is 24.3 Å². The van der Waals surface area contributed by atoms with E-state index < -0.39 is 10.0 Å². The molecule has 0 amide bonds. The van der Waals surface area contributed by atoms with Crippen LogP contribution in [0.15, 0.2) is 41.8 Å². The summed E-state index contributed by atoms with van der Waals surface area (Å²) in [5.41, 5.74) is 5.73. The summed E-state index contributed by atoms with van der Waals surface area (Å²) in [6.45, 7) is 0.133. The summed E-state index contributed by atoms with van der Waals surface area (Å²) >= 11 is 4.70. The van der Waals surface area contributed by atoms with Crippen LogP contribution in [-0.2, 0) is 17.1 Å². The number of aromatic nitrogens is 2. The normalized spacial score (nSPS) is 11.1. The third kappa shape index (κ3) is 4.17. The highest BCUT2D eigenvalue weighted by Crippen LogP contribution is 2.18. The van der Waals surface area contributed by atoms with Crippen LogP contribution in [0.4, 0.5) is 5.69 Å². The van der Waals surface area contributed by atoms with Gasteiger partial charge in [0, 0.05) is 18.9 Å². The molecule has 0 aliphatic rings. The molecule has 0 saturated heterocycles. The van der Waals surface area contributed by atoms with Crippen LogP contribution in [0.1, 0.15) is 0 Å². The summed E-state index contributed by atoms with van der Waals surface area (Å²) in [7, 11) is -2.00. The van der Waals surface area contributed by atoms with Crippen molar-refractivity contribution in [3.63, 3.8) is 0 Å². The molecule has 0 aliphatic carbocycles. The van der Waals surface area contributed by atoms with Gasteiger partial charge in [-0.2, -0.15) is 8.42 Å². The van der Waals surface area contributed by atoms with Gasteiger partial charge in [0.15, 0.2) is 5.03 Å². The molecule has 0 fully saturated rings. The molecule has 3 N–H and O–H groups in total. The summed E-state index contributed by atoms with van der Waals surface area (Å²) < 4.78 is 33.4. The van der Waals surface area contributed by atoms with Crippen LogP contribution >= 0.6 is 12.2 Å². The maximum Gasteiger partial charge on any atom is 0.280 e. The first kappa shape index (κ1) is 15.3. The fourth-order valence-electron chi connectivity index (χ4n) is 1.51. The zero-order valence-electron chi connectivity index (χ0n) is 11.2. The molecule has 1 aromatic heterocycles. The minimum atomic E-state index is -3.69. The van der Waals surface area contributed by atoms with E-state index in [2.05, 4.69) is 9.71 Å². The minimum absolute atomic E-state index is 0.0428. The van der Waals surface area contributed by atoms with E-state index in [1.807, 2.05) is 0 Å². The van der Waals surface area contributed by atoms with Crippen molar-refractivity contribution in [2.45, 2.75) is 5.03 Å². The molecule has 0 atom stereocenters. The third-order valence-electron chi connectivity index (χ3n) is 2.44. The lowest BCUT2D eigenvalue weighted by molar-refractivity contribution is 0.377. The molecule has 0 bridgehead atoms. The number of benzene rings is 1. The van der Waals surface area contributed by atoms with Gasteiger partial charge >= 0.3 is 0 Å². The Morgan fingerprint density at radius 3 is 2.62 bits per heavy atom. The monoisotopic (exact) mass is 326 g/mol. The van der Waals surface area contributed by atoms with Gasteiger partial charge in [0.25, 0.3) is 10.0 Å². The number of imidazole rings is 1. The molecule has 2 rings (SSSR count). The Labute approximate surface area is 127 Å². The standard InChI is InChI=1S/C12H14N4O3S2/c1-16-6-12(14-8-16)21(17,18)15-9-2-4-10(5-3-9)19-7-11(13)20/h2-6,8,15H,7H2,1H3,(H2,13,20). The van der Waals surface area contributed by atoms with Crippen LogP contribution in [0.25, 0.3) is 0 Å². The van der Waals surface area contributed by atoms with Crippen LogP contribution in [0.5, 0.6) is 5.75 Å². The second kappa shape index (κ2) is 6.10. The van der Waals surface area contributed by atoms with Gasteiger partial charge in [-0.25, -0.2) is 4.98 Å². The first-order valence-corrected chi connectivity index (χ1v) is 7.78. The zero-order chi connectivity index (χ0) is 15.5. The van der Waals surface area contributed by atoms with Crippen molar-refractivity contribution in [3.8, 4) is 5.75 Å². The number of thiocarbonyl (C=S) groups is 1. The molecular weight excluding hydrogens is 312 g/mol. The molecule has 21 heavy (non-hydrogen) atoms. The average molecular weight is 326 g/mol. The van der Waals surface area contributed by atoms with E-state index in [-0.39, 0.29) is 16.6 Å². The summed E-state index contributed by atoms with van der Waals surface area (Å²) in [4.78, 5) is 4.05. The smallest absolute Gasteiger partial charge is 0.280 e. The van der Waals surface area contributed by atoms with Gasteiger partial charge in [0.2, 0.25) is 0 Å². The highest BCUT2D eigenvalue weighted by molar-refractivity contribution is 7.92. The van der Waals surface area contributed by atoms with Crippen molar-refractivity contribution in [3.05, 3.63) is 36.8 Å². The number of sulfonamides is 1. The van der Waals surface area contributed by atoms with Crippen molar-refractivity contribution >= 4 is 32.9 Å². The lowest BCUT2D eigenvalue weighted by Crippen LogP contribution is -2.17. The number of anilines is 1. The molecule has 0 aliphatic heterocycles. The number of ether oxygens (including phenoxy) is 1. The second-order valence-corrected chi connectivity index (χ2v) is 6.42. The second-order valence-electron chi connectivity index (χ2n) is 4.26. The molecule has 9 heteroatoms. The molecule has 0 spiro atoms. The maximum atomic E-state index is 12.1. The van der Waals surface area contributed by atoms with Crippen LogP contribution < -0.4 is 15.2 Å². The highest BCUT2D eigenvalue weighted by atomic mass is 32.2. The summed E-state index contributed by atoms with van der Waals surface area (Å²) in [6.07, 6.45) is 2.84. The molecule has 1 aromatic carbocycles. The van der Waals surface area contributed by atoms with Crippen molar-refractivity contribution in [1.29, 1.82) is 0 Å². The number of hydrogen-bond donors (Lipinski definition) is 2. The van der Waals surface area contributed by atoms with Crippen molar-refractivity contribution < 1.29 is 13.2 Å². The fourth-order valence-corrected chi connectivity index (χ4v) is 2.61. The minimum Gasteiger partial charge on any atom is -0.487 e. The van der Waals surface area contributed by atoms with Crippen molar-refractivity contribution in [2.24, 2.45) is 12.8 Å². The predicted molar refractivity (Wildman–Crippen MR) is 82.7 cm³/mol. The van der Waals surface area contributed by atoms with E-state index in [9.17, 15) is 8.42 Å². The van der Waals surface area contributed by atoms with E-state index in [1.165, 1.54) is 12.5 Å². The molecule has 2 aromatic rings. The summed E-state index contributed by atoms with van der Waals surface area (Å²) in [6, 6.07) is 6.40. The Kier molecular flexibility index (Phi) is 4.43. The zero-order valence-corrected chi connectivity index (χ0v) is 12.8. The first-order valence-electron chi connectivity index (χ1n) is 5.89. The SMILES string of the molecule is Cn1cnc(S(=O)(=O)Nc2ccc(OCC(N)=S)cc2)c1. The molecular formula is C12H14N4O3S2. The van der Waals surface area contributed by atoms with E-state index >= 15 is 0 Å². The van der Waals surface area contributed by atoms with E-state index in [1.54, 1.807) is 35.9 Å². The number of nitrogens with two attached hydrogens (primary N) is 1. The third-order valence-corrected chi connectivity index (χ3v) is 3.83. The number of rotatable bonds is 6. The Morgan fingerprint density at radius 1 is 1.43 bits per heavy atom. The molecule has 1 heterocycles. The largest absolute Gasteiger partial charge is 0.487 e. The van der Waals surface area contributed by atoms with Crippen LogP contribution in [0, 0.1) is 0 Å². The van der Waals surface area contributed by atoms with E-state index in [4.69, 9.17) is 22.7 Å². The van der Waals surface area contributed by atoms with Gasteiger partial charge < -0.3 is 15.0 Å². The average Bonchev–Trinajstić information content (AvgIpc) is 2.85. The number of hydrogen-bond acceptors (Lipinski definition) is 5. The molecule has 0 radical (unpaired) electrons. The summed E-state index contributed by atoms with van der Waals surface area (Å²) in [5, 5.41) is -0.0428. The van der Waals surface area contributed by atoms with Gasteiger partial charge in [-0.15, -0.1) is 0 Å². The quantitative estimate of drug-likeness (QED) is 0.765. The predicted octanol–water partition coefficient (Wildman–Crippen LogP) is 0.886. The van der Waals surface area contributed by atoms with Crippen LogP contribution in [0.3, 0.4) is 0 Å². The van der Waals surface area contributed by atoms with Gasteiger partial charge in [-0.3, -0.25) is 4.72 Å². The summed E-state index contributed by atoms with van der Waals surface area (Å²) in [5.74, 6) is 0.545. The van der Waals surface area contributed by atoms with Gasteiger partial charge in [-0.1, -0.05) is 12.2 Å². The molecule has 0 unspecified atom stereocenters. The number of nitrogens with one attached hydrogen (secondary N) is 1. The van der Waals surface area contributed by atoms with Crippen LogP contribution in [0.2, 0.25) is 0 Å². The van der Waals surface area contributed by atoms with Crippen LogP contribution in [-0.4, -0.2) is 29.6 Å². The molecule has 112 valence electrons. The number of nitrogens with zero attached hydrogens (tertiary/aromatic N) is 2. The topological polar surface area (TPSA) is 99.2 Å². The van der Waals surface area contributed by atoms with Crippen molar-refractivity contribution in [2.75, 3.05) is 11.3 Å². The lowest BCUT2D eigenvalue weighted by atomic mass is 10.3. The van der Waals surface area contributed by atoms with Gasteiger partial charge in [0.1, 0.15) is 17.3 Å². The Balaban J connectivity index is 2.08. The van der Waals surface area contributed by atoms with Gasteiger partial charge in [0.05, 0.1) is 6.33 Å². The van der Waals surface area contributed by atoms with E-state index in [0.717, 1.165) is 0 Å². The Morgan fingerprint density at radius 2 is 2.10 bits per heavy atom. The van der Waals surface area contributed by atoms with Crippen molar-refractivity contribution in [1.82, 2.24) is 9.55 Å². The van der Waals surface area contributed by atoms with E-state index in [0.29, 0.717) is 11.4 Å². The Bertz CT molecular complexity index is 738. The molecule has 7 nitrogen and oxygen atoms in total. The lowest BCUT2D eigenvalue weighted by Gasteiger charge is -2.08.